The van der Waals surface area contributed by atoms with E-state index in [4.69, 9.17) is 10.2 Å². The van der Waals surface area contributed by atoms with Gasteiger partial charge < -0.3 is 19.7 Å². The summed E-state index contributed by atoms with van der Waals surface area (Å²) in [5, 5.41) is 16.9. The number of hydrogen-bond acceptors (Lipinski definition) is 10. The molecule has 0 amide bonds. The lowest BCUT2D eigenvalue weighted by molar-refractivity contribution is 0.0544. The van der Waals surface area contributed by atoms with E-state index in [1.54, 1.807) is 0 Å². The molecule has 0 fully saturated rings. The zero-order chi connectivity index (χ0) is 19.7. The third-order valence-electron chi connectivity index (χ3n) is 2.56. The topological polar surface area (TPSA) is 179 Å². The second kappa shape index (κ2) is 9.36. The molecule has 0 aliphatic carbocycles. The van der Waals surface area contributed by atoms with Crippen molar-refractivity contribution in [3.8, 4) is 0 Å². The van der Waals surface area contributed by atoms with Crippen LogP contribution in [0.4, 0.5) is 0 Å². The standard InChI is InChI=1S/C8H8N2O4.C6H4N2O4/c1-13-7(11)5-6(8(12)14-2)10-4-3-9-5;9-5(10)3-4(6(11)12)8-2-1-7-3/h3-4H,1-2H3;1-2H,(H,9,10)(H,11,12). The van der Waals surface area contributed by atoms with Gasteiger partial charge in [-0.15, -0.1) is 0 Å². The molecule has 0 aliphatic heterocycles. The van der Waals surface area contributed by atoms with Crippen molar-refractivity contribution in [2.45, 2.75) is 0 Å². The van der Waals surface area contributed by atoms with Crippen molar-refractivity contribution in [3.63, 3.8) is 0 Å². The van der Waals surface area contributed by atoms with Crippen LogP contribution in [0.25, 0.3) is 0 Å². The molecule has 0 unspecified atom stereocenters. The van der Waals surface area contributed by atoms with Gasteiger partial charge in [-0.3, -0.25) is 0 Å². The summed E-state index contributed by atoms with van der Waals surface area (Å²) in [6, 6.07) is 0. The van der Waals surface area contributed by atoms with Gasteiger partial charge in [0.1, 0.15) is 0 Å². The number of carboxylic acid groups (broad SMARTS) is 2. The van der Waals surface area contributed by atoms with Crippen LogP contribution >= 0.6 is 0 Å². The van der Waals surface area contributed by atoms with E-state index in [0.29, 0.717) is 0 Å². The predicted molar refractivity (Wildman–Crippen MR) is 80.7 cm³/mol. The number of carboxylic acids is 2. The van der Waals surface area contributed by atoms with Crippen molar-refractivity contribution >= 4 is 23.9 Å². The smallest absolute Gasteiger partial charge is 0.359 e. The summed E-state index contributed by atoms with van der Waals surface area (Å²) in [7, 11) is 2.39. The highest BCUT2D eigenvalue weighted by molar-refractivity contribution is 6.00. The molecule has 26 heavy (non-hydrogen) atoms. The molecule has 0 aliphatic rings. The Morgan fingerprint density at radius 1 is 0.654 bits per heavy atom. The lowest BCUT2D eigenvalue weighted by atomic mass is 10.3. The van der Waals surface area contributed by atoms with Gasteiger partial charge in [-0.2, -0.15) is 0 Å². The monoisotopic (exact) mass is 364 g/mol. The zero-order valence-corrected chi connectivity index (χ0v) is 13.4. The van der Waals surface area contributed by atoms with Gasteiger partial charge in [0, 0.05) is 24.8 Å². The van der Waals surface area contributed by atoms with Gasteiger partial charge in [0.2, 0.25) is 0 Å². The predicted octanol–water partition coefficient (Wildman–Crippen LogP) is -0.0772. The maximum absolute atomic E-state index is 11.1. The Hall–Kier alpha value is -3.96. The lowest BCUT2D eigenvalue weighted by Gasteiger charge is -2.02. The van der Waals surface area contributed by atoms with Crippen molar-refractivity contribution in [1.82, 2.24) is 19.9 Å². The Balaban J connectivity index is 0.000000263. The highest BCUT2D eigenvalue weighted by Gasteiger charge is 2.20. The summed E-state index contributed by atoms with van der Waals surface area (Å²) < 4.78 is 8.84. The first-order valence-corrected chi connectivity index (χ1v) is 6.58. The van der Waals surface area contributed by atoms with Crippen molar-refractivity contribution in [3.05, 3.63) is 47.6 Å². The SMILES string of the molecule is COC(=O)c1nccnc1C(=O)OC.O=C(O)c1nccnc1C(=O)O. The Morgan fingerprint density at radius 2 is 0.923 bits per heavy atom. The first kappa shape index (κ1) is 20.1. The second-order valence-corrected chi connectivity index (χ2v) is 4.10. The molecule has 0 radical (unpaired) electrons. The number of methoxy groups -OCH3 is 2. The molecule has 0 saturated carbocycles. The van der Waals surface area contributed by atoms with E-state index in [2.05, 4.69) is 29.4 Å². The van der Waals surface area contributed by atoms with Crippen molar-refractivity contribution in [1.29, 1.82) is 0 Å². The van der Waals surface area contributed by atoms with Crippen LogP contribution in [0.3, 0.4) is 0 Å². The summed E-state index contributed by atoms with van der Waals surface area (Å²) in [5.41, 5.74) is -1.40. The number of nitrogens with zero attached hydrogens (tertiary/aromatic N) is 4. The molecule has 136 valence electrons. The minimum absolute atomic E-state index is 0.151. The average molecular weight is 364 g/mol. The molecule has 12 heteroatoms. The van der Waals surface area contributed by atoms with Gasteiger partial charge in [0.15, 0.2) is 22.8 Å². The largest absolute Gasteiger partial charge is 0.476 e. The minimum Gasteiger partial charge on any atom is -0.476 e. The Labute approximate surface area is 145 Å². The molecule has 12 nitrogen and oxygen atoms in total. The molecule has 0 spiro atoms. The first-order valence-electron chi connectivity index (χ1n) is 6.58. The van der Waals surface area contributed by atoms with Crippen molar-refractivity contribution in [2.75, 3.05) is 14.2 Å². The van der Waals surface area contributed by atoms with E-state index in [9.17, 15) is 19.2 Å². The number of rotatable bonds is 4. The normalized spacial score (nSPS) is 9.31. The van der Waals surface area contributed by atoms with Crippen molar-refractivity contribution in [2.24, 2.45) is 0 Å². The van der Waals surface area contributed by atoms with E-state index in [1.807, 2.05) is 0 Å². The Morgan fingerprint density at radius 3 is 1.15 bits per heavy atom. The first-order chi connectivity index (χ1) is 12.3. The van der Waals surface area contributed by atoms with Crippen LogP contribution in [0.15, 0.2) is 24.8 Å². The summed E-state index contributed by atoms with van der Waals surface area (Å²) in [6.45, 7) is 0. The van der Waals surface area contributed by atoms with E-state index in [-0.39, 0.29) is 11.4 Å². The molecular weight excluding hydrogens is 352 g/mol. The van der Waals surface area contributed by atoms with Crippen LogP contribution in [0.2, 0.25) is 0 Å². The van der Waals surface area contributed by atoms with Crippen LogP contribution in [-0.4, -0.2) is 68.2 Å². The fraction of sp³-hybridized carbons (Fsp3) is 0.143. The van der Waals surface area contributed by atoms with Gasteiger partial charge in [0.25, 0.3) is 0 Å². The molecule has 2 N–H and O–H groups in total. The number of carbonyl (C=O) groups is 4. The molecule has 2 aromatic heterocycles. The van der Waals surface area contributed by atoms with Crippen molar-refractivity contribution < 1.29 is 38.9 Å². The number of aromatic carboxylic acids is 2. The highest BCUT2D eigenvalue weighted by atomic mass is 16.5. The number of ether oxygens (including phenoxy) is 2. The van der Waals surface area contributed by atoms with Crippen LogP contribution < -0.4 is 0 Å². The maximum atomic E-state index is 11.1. The van der Waals surface area contributed by atoms with Crippen LogP contribution in [0, 0.1) is 0 Å². The molecule has 0 atom stereocenters. The summed E-state index contributed by atoms with van der Waals surface area (Å²) in [4.78, 5) is 57.0. The highest BCUT2D eigenvalue weighted by Crippen LogP contribution is 2.04. The fourth-order valence-electron chi connectivity index (χ4n) is 1.48. The molecular formula is C14H12N4O8. The Bertz CT molecular complexity index is 771. The Kier molecular flexibility index (Phi) is 7.23. The molecule has 2 rings (SSSR count). The van der Waals surface area contributed by atoms with E-state index < -0.39 is 35.3 Å². The van der Waals surface area contributed by atoms with Crippen LogP contribution in [-0.2, 0) is 9.47 Å². The van der Waals surface area contributed by atoms with E-state index >= 15 is 0 Å². The van der Waals surface area contributed by atoms with Gasteiger partial charge in [-0.1, -0.05) is 0 Å². The van der Waals surface area contributed by atoms with Gasteiger partial charge in [0.05, 0.1) is 14.2 Å². The quantitative estimate of drug-likeness (QED) is 0.690. The minimum atomic E-state index is -1.40. The van der Waals surface area contributed by atoms with Crippen LogP contribution in [0.1, 0.15) is 42.0 Å². The van der Waals surface area contributed by atoms with Crippen LogP contribution in [0.5, 0.6) is 0 Å². The molecule has 2 heterocycles. The molecule has 2 aromatic rings. The van der Waals surface area contributed by atoms with E-state index in [1.165, 1.54) is 26.6 Å². The van der Waals surface area contributed by atoms with Gasteiger partial charge >= 0.3 is 23.9 Å². The maximum Gasteiger partial charge on any atom is 0.359 e. The second-order valence-electron chi connectivity index (χ2n) is 4.10. The summed E-state index contributed by atoms with van der Waals surface area (Å²) in [5.74, 6) is -4.25. The van der Waals surface area contributed by atoms with E-state index in [0.717, 1.165) is 12.4 Å². The third kappa shape index (κ3) is 5.02. The zero-order valence-electron chi connectivity index (χ0n) is 13.4. The molecule has 0 bridgehead atoms. The lowest BCUT2D eigenvalue weighted by Crippen LogP contribution is -2.15. The number of hydrogen-bond donors (Lipinski definition) is 2. The third-order valence-corrected chi connectivity index (χ3v) is 2.56. The molecule has 0 aromatic carbocycles. The number of aromatic nitrogens is 4. The van der Waals surface area contributed by atoms with Gasteiger partial charge in [-0.25, -0.2) is 39.1 Å². The number of esters is 2. The molecule has 0 saturated heterocycles. The summed E-state index contributed by atoms with van der Waals surface area (Å²) >= 11 is 0. The average Bonchev–Trinajstić information content (AvgIpc) is 2.67. The fourth-order valence-corrected chi connectivity index (χ4v) is 1.48. The van der Waals surface area contributed by atoms with Gasteiger partial charge in [-0.05, 0) is 0 Å². The summed E-state index contributed by atoms with van der Waals surface area (Å²) in [6.07, 6.45) is 4.82. The number of carbonyl (C=O) groups excluding carboxylic acids is 2.